The average molecular weight is 298 g/mol. The van der Waals surface area contributed by atoms with Gasteiger partial charge in [0.05, 0.1) is 0 Å². The van der Waals surface area contributed by atoms with Gasteiger partial charge in [-0.25, -0.2) is 0 Å². The first-order chi connectivity index (χ1) is 9.67. The summed E-state index contributed by atoms with van der Waals surface area (Å²) in [6, 6.07) is 6.75. The zero-order chi connectivity index (χ0) is 14.8. The molecule has 1 N–H and O–H groups in total. The molecule has 1 rings (SSSR count). The molecule has 3 heteroatoms. The fourth-order valence-electron chi connectivity index (χ4n) is 2.18. The van der Waals surface area contributed by atoms with Gasteiger partial charge in [-0.15, -0.1) is 0 Å². The normalized spacial score (nSPS) is 12.6. The van der Waals surface area contributed by atoms with Gasteiger partial charge < -0.3 is 10.1 Å². The summed E-state index contributed by atoms with van der Waals surface area (Å²) in [6.45, 7) is 9.11. The lowest BCUT2D eigenvalue weighted by molar-refractivity contribution is 0.124. The lowest BCUT2D eigenvalue weighted by atomic mass is 10.0. The highest BCUT2D eigenvalue weighted by molar-refractivity contribution is 6.31. The van der Waals surface area contributed by atoms with Crippen molar-refractivity contribution in [1.82, 2.24) is 5.32 Å². The number of aryl methyl sites for hydroxylation is 1. The molecule has 1 unspecified atom stereocenters. The molecule has 0 aliphatic heterocycles. The Morgan fingerprint density at radius 2 is 2.00 bits per heavy atom. The van der Waals surface area contributed by atoms with Crippen LogP contribution in [0.1, 0.15) is 44.2 Å². The molecule has 2 nitrogen and oxygen atoms in total. The molecular formula is C17H28ClNO. The summed E-state index contributed by atoms with van der Waals surface area (Å²) in [7, 11) is 0. The van der Waals surface area contributed by atoms with E-state index in [1.54, 1.807) is 0 Å². The standard InChI is InChI=1S/C17H28ClNO/c1-4-9-19-16(8-11-20-10-5-2)13-15-7-6-14(3)12-17(15)18/h6-7,12,16,19H,4-5,8-11,13H2,1-3H3. The Bertz CT molecular complexity index is 381. The van der Waals surface area contributed by atoms with Crippen molar-refractivity contribution in [2.45, 2.75) is 52.5 Å². The van der Waals surface area contributed by atoms with Crippen molar-refractivity contribution in [2.24, 2.45) is 0 Å². The third-order valence-electron chi connectivity index (χ3n) is 3.32. The Morgan fingerprint density at radius 1 is 1.20 bits per heavy atom. The van der Waals surface area contributed by atoms with E-state index in [-0.39, 0.29) is 0 Å². The number of benzene rings is 1. The molecule has 0 aliphatic rings. The van der Waals surface area contributed by atoms with E-state index in [1.807, 2.05) is 6.07 Å². The second kappa shape index (κ2) is 10.2. The Labute approximate surface area is 128 Å². The van der Waals surface area contributed by atoms with Crippen LogP contribution in [0.2, 0.25) is 5.02 Å². The van der Waals surface area contributed by atoms with E-state index in [0.29, 0.717) is 6.04 Å². The van der Waals surface area contributed by atoms with Crippen molar-refractivity contribution in [3.63, 3.8) is 0 Å². The van der Waals surface area contributed by atoms with Crippen LogP contribution in [-0.2, 0) is 11.2 Å². The van der Waals surface area contributed by atoms with Gasteiger partial charge in [0.2, 0.25) is 0 Å². The first-order valence-corrected chi connectivity index (χ1v) is 8.11. The van der Waals surface area contributed by atoms with Gasteiger partial charge >= 0.3 is 0 Å². The second-order valence-corrected chi connectivity index (χ2v) is 5.76. The van der Waals surface area contributed by atoms with Gasteiger partial charge in [0, 0.05) is 24.3 Å². The van der Waals surface area contributed by atoms with Gasteiger partial charge in [0.25, 0.3) is 0 Å². The SMILES string of the molecule is CCCNC(CCOCCC)Cc1ccc(C)cc1Cl. The lowest BCUT2D eigenvalue weighted by Gasteiger charge is -2.19. The maximum absolute atomic E-state index is 6.33. The van der Waals surface area contributed by atoms with E-state index in [4.69, 9.17) is 16.3 Å². The maximum atomic E-state index is 6.33. The van der Waals surface area contributed by atoms with Gasteiger partial charge in [0.1, 0.15) is 0 Å². The van der Waals surface area contributed by atoms with E-state index in [9.17, 15) is 0 Å². The third-order valence-corrected chi connectivity index (χ3v) is 3.67. The minimum atomic E-state index is 0.437. The smallest absolute Gasteiger partial charge is 0.0480 e. The molecule has 114 valence electrons. The second-order valence-electron chi connectivity index (χ2n) is 5.35. The zero-order valence-electron chi connectivity index (χ0n) is 13.0. The minimum absolute atomic E-state index is 0.437. The maximum Gasteiger partial charge on any atom is 0.0480 e. The predicted octanol–water partition coefficient (Wildman–Crippen LogP) is 4.38. The fraction of sp³-hybridized carbons (Fsp3) is 0.647. The molecule has 20 heavy (non-hydrogen) atoms. The summed E-state index contributed by atoms with van der Waals surface area (Å²) in [5, 5.41) is 4.48. The van der Waals surface area contributed by atoms with Crippen molar-refractivity contribution >= 4 is 11.6 Å². The van der Waals surface area contributed by atoms with E-state index < -0.39 is 0 Å². The summed E-state index contributed by atoms with van der Waals surface area (Å²) in [6.07, 6.45) is 4.23. The summed E-state index contributed by atoms with van der Waals surface area (Å²) in [5.41, 5.74) is 2.43. The molecule has 0 bridgehead atoms. The molecule has 0 saturated carbocycles. The Balaban J connectivity index is 2.53. The summed E-state index contributed by atoms with van der Waals surface area (Å²) in [5.74, 6) is 0. The highest BCUT2D eigenvalue weighted by Crippen LogP contribution is 2.19. The van der Waals surface area contributed by atoms with E-state index in [0.717, 1.165) is 50.5 Å². The molecule has 0 amide bonds. The minimum Gasteiger partial charge on any atom is -0.381 e. The van der Waals surface area contributed by atoms with Gasteiger partial charge in [-0.3, -0.25) is 0 Å². The van der Waals surface area contributed by atoms with Crippen molar-refractivity contribution in [3.8, 4) is 0 Å². The van der Waals surface area contributed by atoms with Crippen LogP contribution in [0.4, 0.5) is 0 Å². The third kappa shape index (κ3) is 6.74. The van der Waals surface area contributed by atoms with Crippen LogP contribution in [0.5, 0.6) is 0 Å². The Kier molecular flexibility index (Phi) is 8.92. The highest BCUT2D eigenvalue weighted by Gasteiger charge is 2.11. The highest BCUT2D eigenvalue weighted by atomic mass is 35.5. The van der Waals surface area contributed by atoms with E-state index in [1.165, 1.54) is 11.1 Å². The number of halogens is 1. The number of hydrogen-bond acceptors (Lipinski definition) is 2. The molecule has 1 aromatic carbocycles. The first kappa shape index (κ1) is 17.5. The van der Waals surface area contributed by atoms with Crippen molar-refractivity contribution < 1.29 is 4.74 Å². The number of ether oxygens (including phenoxy) is 1. The van der Waals surface area contributed by atoms with Crippen LogP contribution in [0, 0.1) is 6.92 Å². The summed E-state index contributed by atoms with van der Waals surface area (Å²) >= 11 is 6.33. The van der Waals surface area contributed by atoms with Gasteiger partial charge in [-0.05, 0) is 56.3 Å². The monoisotopic (exact) mass is 297 g/mol. The Morgan fingerprint density at radius 3 is 2.65 bits per heavy atom. The molecular weight excluding hydrogens is 270 g/mol. The molecule has 1 atom stereocenters. The molecule has 0 aromatic heterocycles. The van der Waals surface area contributed by atoms with Crippen LogP contribution in [0.15, 0.2) is 18.2 Å². The summed E-state index contributed by atoms with van der Waals surface area (Å²) in [4.78, 5) is 0. The molecule has 0 saturated heterocycles. The topological polar surface area (TPSA) is 21.3 Å². The largest absolute Gasteiger partial charge is 0.381 e. The van der Waals surface area contributed by atoms with Crippen LogP contribution in [0.25, 0.3) is 0 Å². The molecule has 0 aliphatic carbocycles. The van der Waals surface area contributed by atoms with Crippen LogP contribution in [0.3, 0.4) is 0 Å². The van der Waals surface area contributed by atoms with Gasteiger partial charge in [-0.1, -0.05) is 37.6 Å². The molecule has 0 fully saturated rings. The average Bonchev–Trinajstić information content (AvgIpc) is 2.43. The molecule has 0 heterocycles. The summed E-state index contributed by atoms with van der Waals surface area (Å²) < 4.78 is 5.61. The van der Waals surface area contributed by atoms with Crippen molar-refractivity contribution in [1.29, 1.82) is 0 Å². The predicted molar refractivity (Wildman–Crippen MR) is 87.7 cm³/mol. The quantitative estimate of drug-likeness (QED) is 0.647. The van der Waals surface area contributed by atoms with E-state index in [2.05, 4.69) is 38.2 Å². The zero-order valence-corrected chi connectivity index (χ0v) is 13.8. The van der Waals surface area contributed by atoms with Gasteiger partial charge in [0.15, 0.2) is 0 Å². The van der Waals surface area contributed by atoms with Crippen LogP contribution in [-0.4, -0.2) is 25.8 Å². The van der Waals surface area contributed by atoms with Crippen molar-refractivity contribution in [2.75, 3.05) is 19.8 Å². The number of hydrogen-bond donors (Lipinski definition) is 1. The number of nitrogens with one attached hydrogen (secondary N) is 1. The fourth-order valence-corrected chi connectivity index (χ4v) is 2.49. The van der Waals surface area contributed by atoms with Crippen LogP contribution < -0.4 is 5.32 Å². The van der Waals surface area contributed by atoms with Crippen LogP contribution >= 0.6 is 11.6 Å². The lowest BCUT2D eigenvalue weighted by Crippen LogP contribution is -2.33. The Hall–Kier alpha value is -0.570. The molecule has 1 aromatic rings. The number of rotatable bonds is 10. The first-order valence-electron chi connectivity index (χ1n) is 7.73. The molecule has 0 spiro atoms. The van der Waals surface area contributed by atoms with Gasteiger partial charge in [-0.2, -0.15) is 0 Å². The van der Waals surface area contributed by atoms with E-state index >= 15 is 0 Å². The van der Waals surface area contributed by atoms with Crippen molar-refractivity contribution in [3.05, 3.63) is 34.3 Å². The molecule has 0 radical (unpaired) electrons.